The van der Waals surface area contributed by atoms with Gasteiger partial charge in [-0.25, -0.2) is 36.6 Å². The van der Waals surface area contributed by atoms with E-state index in [1.807, 2.05) is 0 Å². The second-order valence-corrected chi connectivity index (χ2v) is 10.8. The summed E-state index contributed by atoms with van der Waals surface area (Å²) < 4.78 is 109. The van der Waals surface area contributed by atoms with E-state index < -0.39 is 90.9 Å². The van der Waals surface area contributed by atoms with Gasteiger partial charge in [0.05, 0.1) is 17.5 Å². The molecule has 1 saturated carbocycles. The smallest absolute Gasteiger partial charge is 0.346 e. The molecule has 3 aromatic rings. The monoisotopic (exact) mass is 623 g/mol. The molecule has 2 heterocycles. The summed E-state index contributed by atoms with van der Waals surface area (Å²) in [7, 11) is 0. The zero-order chi connectivity index (χ0) is 31.7. The molecule has 4 rings (SSSR count). The van der Waals surface area contributed by atoms with Crippen molar-refractivity contribution >= 4 is 22.8 Å². The van der Waals surface area contributed by atoms with Crippen molar-refractivity contribution in [2.45, 2.75) is 82.5 Å². The van der Waals surface area contributed by atoms with Crippen molar-refractivity contribution in [2.75, 3.05) is 6.54 Å². The van der Waals surface area contributed by atoms with Gasteiger partial charge in [0, 0.05) is 30.9 Å². The summed E-state index contributed by atoms with van der Waals surface area (Å²) in [6.45, 7) is 1.72. The largest absolute Gasteiger partial charge is 0.405 e. The number of amides is 2. The Labute approximate surface area is 239 Å². The lowest BCUT2D eigenvalue weighted by atomic mass is 9.81. The zero-order valence-electron chi connectivity index (χ0n) is 23.0. The van der Waals surface area contributed by atoms with Gasteiger partial charge >= 0.3 is 6.18 Å². The van der Waals surface area contributed by atoms with E-state index in [4.69, 9.17) is 0 Å². The van der Waals surface area contributed by atoms with E-state index in [-0.39, 0.29) is 36.0 Å². The third-order valence-corrected chi connectivity index (χ3v) is 7.29. The molecule has 0 radical (unpaired) electrons. The fourth-order valence-corrected chi connectivity index (χ4v) is 5.16. The van der Waals surface area contributed by atoms with Gasteiger partial charge in [-0.3, -0.25) is 9.59 Å². The maximum absolute atomic E-state index is 15.7. The molecule has 1 aliphatic carbocycles. The van der Waals surface area contributed by atoms with Crippen LogP contribution in [0.15, 0.2) is 18.5 Å². The number of aromatic amines is 1. The van der Waals surface area contributed by atoms with Crippen LogP contribution in [0.2, 0.25) is 0 Å². The number of nitrogens with zero attached hydrogens (tertiary/aromatic N) is 4. The number of alkyl halides is 7. The van der Waals surface area contributed by atoms with Gasteiger partial charge < -0.3 is 15.6 Å². The maximum Gasteiger partial charge on any atom is 0.405 e. The number of rotatable bonds is 10. The molecule has 0 aliphatic heterocycles. The molecule has 3 N–H and O–H groups in total. The summed E-state index contributed by atoms with van der Waals surface area (Å²) in [4.78, 5) is 36.7. The molecule has 236 valence electrons. The van der Waals surface area contributed by atoms with Crippen molar-refractivity contribution in [3.05, 3.63) is 41.5 Å². The number of carbonyl (C=O) groups excluding carboxylic acids is 2. The molecular formula is C26H29F8N7O2. The number of aromatic nitrogens is 5. The summed E-state index contributed by atoms with van der Waals surface area (Å²) in [5.41, 5.74) is -1.01. The number of hydrogen-bond donors (Lipinski definition) is 3. The summed E-state index contributed by atoms with van der Waals surface area (Å²) in [5.74, 6) is -8.91. The SMILES string of the molecule is CC(C)n1ncnc1C(=O)N[C@H](c1nc2c(F)c([C@H](CC(F)F)C(=O)NCC(F)(F)F)ccc2[nH]1)C1CCC(F)(F)CC1. The quantitative estimate of drug-likeness (QED) is 0.255. The Hall–Kier alpha value is -3.79. The van der Waals surface area contributed by atoms with Gasteiger partial charge in [0.1, 0.15) is 24.2 Å². The average molecular weight is 624 g/mol. The molecule has 1 aromatic carbocycles. The van der Waals surface area contributed by atoms with Gasteiger partial charge in [0.25, 0.3) is 5.91 Å². The van der Waals surface area contributed by atoms with Crippen LogP contribution < -0.4 is 10.6 Å². The second-order valence-electron chi connectivity index (χ2n) is 10.8. The molecule has 17 heteroatoms. The van der Waals surface area contributed by atoms with Crippen LogP contribution in [0.3, 0.4) is 0 Å². The van der Waals surface area contributed by atoms with E-state index in [1.54, 1.807) is 13.8 Å². The molecule has 2 amide bonds. The molecule has 1 aliphatic rings. The molecule has 43 heavy (non-hydrogen) atoms. The van der Waals surface area contributed by atoms with Gasteiger partial charge in [0.2, 0.25) is 24.1 Å². The number of H-pyrrole nitrogens is 1. The van der Waals surface area contributed by atoms with Crippen molar-refractivity contribution < 1.29 is 44.7 Å². The van der Waals surface area contributed by atoms with Crippen molar-refractivity contribution in [2.24, 2.45) is 5.92 Å². The predicted molar refractivity (Wildman–Crippen MR) is 136 cm³/mol. The van der Waals surface area contributed by atoms with Crippen molar-refractivity contribution in [1.82, 2.24) is 35.4 Å². The van der Waals surface area contributed by atoms with E-state index in [1.165, 1.54) is 22.4 Å². The van der Waals surface area contributed by atoms with Crippen LogP contribution in [0.1, 0.15) is 86.0 Å². The Bertz CT molecular complexity index is 1440. The van der Waals surface area contributed by atoms with Crippen LogP contribution in [0, 0.1) is 11.7 Å². The predicted octanol–water partition coefficient (Wildman–Crippen LogP) is 5.59. The van der Waals surface area contributed by atoms with E-state index in [0.717, 1.165) is 6.07 Å². The molecular weight excluding hydrogens is 594 g/mol. The summed E-state index contributed by atoms with van der Waals surface area (Å²) in [6.07, 6.45) is -9.02. The minimum atomic E-state index is -4.82. The Morgan fingerprint density at radius 1 is 1.16 bits per heavy atom. The average Bonchev–Trinajstić information content (AvgIpc) is 3.57. The molecule has 2 atom stereocenters. The number of halogens is 8. The maximum atomic E-state index is 15.7. The van der Waals surface area contributed by atoms with E-state index in [0.29, 0.717) is 0 Å². The van der Waals surface area contributed by atoms with Crippen LogP contribution in [0.4, 0.5) is 35.1 Å². The van der Waals surface area contributed by atoms with E-state index >= 15 is 4.39 Å². The second kappa shape index (κ2) is 12.4. The molecule has 0 unspecified atom stereocenters. The number of nitrogens with one attached hydrogen (secondary N) is 3. The first kappa shape index (κ1) is 32.1. The first-order valence-electron chi connectivity index (χ1n) is 13.4. The van der Waals surface area contributed by atoms with Crippen LogP contribution in [-0.4, -0.2) is 61.6 Å². The lowest BCUT2D eigenvalue weighted by Crippen LogP contribution is -2.38. The highest BCUT2D eigenvalue weighted by Crippen LogP contribution is 2.41. The number of carbonyl (C=O) groups is 2. The fraction of sp³-hybridized carbons (Fsp3) is 0.577. The lowest BCUT2D eigenvalue weighted by molar-refractivity contribution is -0.139. The number of benzene rings is 1. The first-order chi connectivity index (χ1) is 20.1. The van der Waals surface area contributed by atoms with Crippen LogP contribution in [0.5, 0.6) is 0 Å². The highest BCUT2D eigenvalue weighted by molar-refractivity contribution is 5.91. The van der Waals surface area contributed by atoms with Crippen LogP contribution >= 0.6 is 0 Å². The molecule has 0 saturated heterocycles. The third-order valence-electron chi connectivity index (χ3n) is 7.29. The van der Waals surface area contributed by atoms with Crippen LogP contribution in [0.25, 0.3) is 11.0 Å². The van der Waals surface area contributed by atoms with Crippen molar-refractivity contribution in [1.29, 1.82) is 0 Å². The summed E-state index contributed by atoms with van der Waals surface area (Å²) in [6, 6.07) is 0.911. The first-order valence-corrected chi connectivity index (χ1v) is 13.4. The topological polar surface area (TPSA) is 118 Å². The van der Waals surface area contributed by atoms with Gasteiger partial charge in [-0.15, -0.1) is 0 Å². The summed E-state index contributed by atoms with van der Waals surface area (Å²) in [5, 5.41) is 8.24. The van der Waals surface area contributed by atoms with E-state index in [9.17, 15) is 40.3 Å². The van der Waals surface area contributed by atoms with Gasteiger partial charge in [0.15, 0.2) is 5.82 Å². The number of hydrogen-bond acceptors (Lipinski definition) is 5. The molecule has 2 aromatic heterocycles. The standard InChI is InChI=1S/C26H29F8N7O2/c1-12(2)41-22(36-11-37-41)24(43)40-19(13-5-7-25(30,31)8-6-13)21-38-16-4-3-14(18(29)20(16)39-21)15(9-17(27)28)23(42)35-10-26(32,33)34/h3-4,11-13,15,17,19H,5-10H2,1-2H3,(H,35,42)(H,38,39)(H,40,43)/t15-,19-/m0/s1. The Morgan fingerprint density at radius 2 is 1.84 bits per heavy atom. The highest BCUT2D eigenvalue weighted by Gasteiger charge is 2.40. The fourth-order valence-electron chi connectivity index (χ4n) is 5.16. The van der Waals surface area contributed by atoms with E-state index in [2.05, 4.69) is 25.4 Å². The molecule has 1 fully saturated rings. The molecule has 9 nitrogen and oxygen atoms in total. The molecule has 0 bridgehead atoms. The van der Waals surface area contributed by atoms with Crippen LogP contribution in [-0.2, 0) is 4.79 Å². The zero-order valence-corrected chi connectivity index (χ0v) is 23.0. The minimum absolute atomic E-state index is 0.0184. The lowest BCUT2D eigenvalue weighted by Gasteiger charge is -2.33. The summed E-state index contributed by atoms with van der Waals surface area (Å²) >= 11 is 0. The van der Waals surface area contributed by atoms with Gasteiger partial charge in [-0.05, 0) is 38.7 Å². The Kier molecular flexibility index (Phi) is 9.30. The number of imidazole rings is 1. The van der Waals surface area contributed by atoms with Crippen molar-refractivity contribution in [3.63, 3.8) is 0 Å². The Balaban J connectivity index is 1.70. The highest BCUT2D eigenvalue weighted by atomic mass is 19.4. The minimum Gasteiger partial charge on any atom is -0.346 e. The molecule has 0 spiro atoms. The number of fused-ring (bicyclic) bond motifs is 1. The van der Waals surface area contributed by atoms with Gasteiger partial charge in [-0.2, -0.15) is 18.3 Å². The Morgan fingerprint density at radius 3 is 2.44 bits per heavy atom. The third kappa shape index (κ3) is 7.60. The normalized spacial score (nSPS) is 17.4. The van der Waals surface area contributed by atoms with Gasteiger partial charge in [-0.1, -0.05) is 6.07 Å². The van der Waals surface area contributed by atoms with Crippen molar-refractivity contribution in [3.8, 4) is 0 Å².